The molecule has 0 saturated heterocycles. The molecule has 0 atom stereocenters. The first-order valence-electron chi connectivity index (χ1n) is 8.14. The van der Waals surface area contributed by atoms with Crippen LogP contribution in [0.2, 0.25) is 0 Å². The van der Waals surface area contributed by atoms with Crippen LogP contribution in [-0.2, 0) is 0 Å². The van der Waals surface area contributed by atoms with E-state index in [0.29, 0.717) is 21.2 Å². The van der Waals surface area contributed by atoms with Crippen molar-refractivity contribution >= 4 is 45.6 Å². The second-order valence-corrected chi connectivity index (χ2v) is 7.81. The quantitative estimate of drug-likeness (QED) is 0.404. The standard InChI is InChI=1S/C19H18Cl2N6S/c1-26(2)18(20)24-16-13(10-22)15(12-8-6-5-7-9-12)14(11-23)17(28-16)25-19(21)27(3)4/h5-9,15H,1-4H3. The summed E-state index contributed by atoms with van der Waals surface area (Å²) < 4.78 is 0. The molecule has 0 N–H and O–H groups in total. The zero-order chi connectivity index (χ0) is 20.8. The molecule has 0 radical (unpaired) electrons. The van der Waals surface area contributed by atoms with Gasteiger partial charge in [-0.05, 0) is 40.5 Å². The summed E-state index contributed by atoms with van der Waals surface area (Å²) >= 11 is 13.5. The predicted octanol–water partition coefficient (Wildman–Crippen LogP) is 4.30. The molecular formula is C19H18Cl2N6S. The van der Waals surface area contributed by atoms with Crippen LogP contribution in [0.1, 0.15) is 11.5 Å². The molecule has 0 bridgehead atoms. The van der Waals surface area contributed by atoms with Gasteiger partial charge in [0.05, 0.1) is 29.2 Å². The Morgan fingerprint density at radius 1 is 0.893 bits per heavy atom. The Morgan fingerprint density at radius 3 is 1.68 bits per heavy atom. The molecule has 0 aromatic heterocycles. The van der Waals surface area contributed by atoms with Gasteiger partial charge in [-0.3, -0.25) is 0 Å². The zero-order valence-electron chi connectivity index (χ0n) is 15.8. The molecule has 0 saturated carbocycles. The van der Waals surface area contributed by atoms with Crippen LogP contribution in [0.3, 0.4) is 0 Å². The monoisotopic (exact) mass is 432 g/mol. The Bertz CT molecular complexity index is 891. The summed E-state index contributed by atoms with van der Waals surface area (Å²) in [5, 5.41) is 20.9. The Kier molecular flexibility index (Phi) is 7.53. The zero-order valence-corrected chi connectivity index (χ0v) is 18.1. The van der Waals surface area contributed by atoms with Crippen molar-refractivity contribution in [3.8, 4) is 12.1 Å². The number of halogens is 2. The average Bonchev–Trinajstić information content (AvgIpc) is 2.67. The minimum Gasteiger partial charge on any atom is -0.353 e. The molecule has 0 amide bonds. The van der Waals surface area contributed by atoms with Gasteiger partial charge in [-0.25, -0.2) is 9.98 Å². The van der Waals surface area contributed by atoms with Crippen LogP contribution in [0.4, 0.5) is 0 Å². The molecule has 1 aromatic rings. The third-order valence-corrected chi connectivity index (χ3v) is 5.59. The van der Waals surface area contributed by atoms with Crippen LogP contribution in [0, 0.1) is 22.7 Å². The van der Waals surface area contributed by atoms with Gasteiger partial charge in [0.1, 0.15) is 10.1 Å². The molecule has 1 heterocycles. The van der Waals surface area contributed by atoms with Gasteiger partial charge in [0.25, 0.3) is 0 Å². The fraction of sp³-hybridized carbons (Fsp3) is 0.263. The third kappa shape index (κ3) is 4.88. The lowest BCUT2D eigenvalue weighted by molar-refractivity contribution is 0.634. The van der Waals surface area contributed by atoms with Gasteiger partial charge in [0, 0.05) is 28.2 Å². The van der Waals surface area contributed by atoms with E-state index < -0.39 is 5.92 Å². The normalized spacial score (nSPS) is 17.9. The van der Waals surface area contributed by atoms with E-state index in [4.69, 9.17) is 23.2 Å². The predicted molar refractivity (Wildman–Crippen MR) is 116 cm³/mol. The molecule has 0 spiro atoms. The first-order valence-corrected chi connectivity index (χ1v) is 9.71. The fourth-order valence-corrected chi connectivity index (χ4v) is 3.59. The number of hydrogen-bond acceptors (Lipinski definition) is 5. The number of amidine groups is 2. The number of allylic oxidation sites excluding steroid dienone is 2. The highest BCUT2D eigenvalue weighted by Crippen LogP contribution is 2.47. The lowest BCUT2D eigenvalue weighted by Gasteiger charge is -2.24. The van der Waals surface area contributed by atoms with Crippen molar-refractivity contribution in [1.82, 2.24) is 9.80 Å². The van der Waals surface area contributed by atoms with Gasteiger partial charge in [-0.15, -0.1) is 0 Å². The van der Waals surface area contributed by atoms with Gasteiger partial charge >= 0.3 is 0 Å². The van der Waals surface area contributed by atoms with Crippen molar-refractivity contribution in [2.24, 2.45) is 9.98 Å². The van der Waals surface area contributed by atoms with Crippen molar-refractivity contribution in [3.05, 3.63) is 57.1 Å². The minimum absolute atomic E-state index is 0.213. The van der Waals surface area contributed by atoms with Crippen LogP contribution < -0.4 is 0 Å². The summed E-state index contributed by atoms with van der Waals surface area (Å²) in [6.07, 6.45) is 0. The summed E-state index contributed by atoms with van der Waals surface area (Å²) in [5.74, 6) is -0.604. The molecular weight excluding hydrogens is 415 g/mol. The van der Waals surface area contributed by atoms with Crippen molar-refractivity contribution < 1.29 is 0 Å². The third-order valence-electron chi connectivity index (χ3n) is 3.73. The average molecular weight is 433 g/mol. The van der Waals surface area contributed by atoms with Crippen molar-refractivity contribution in [3.63, 3.8) is 0 Å². The highest BCUT2D eigenvalue weighted by molar-refractivity contribution is 8.06. The van der Waals surface area contributed by atoms with E-state index in [9.17, 15) is 10.5 Å². The lowest BCUT2D eigenvalue weighted by Crippen LogP contribution is -2.19. The Labute approximate surface area is 179 Å². The van der Waals surface area contributed by atoms with Crippen LogP contribution in [0.5, 0.6) is 0 Å². The largest absolute Gasteiger partial charge is 0.353 e. The molecule has 0 unspecified atom stereocenters. The van der Waals surface area contributed by atoms with Crippen molar-refractivity contribution in [2.45, 2.75) is 5.92 Å². The Hall–Kier alpha value is -2.45. The van der Waals surface area contributed by atoms with Gasteiger partial charge < -0.3 is 9.80 Å². The molecule has 0 fully saturated rings. The minimum atomic E-state index is -0.604. The smallest absolute Gasteiger partial charge is 0.199 e. The fourth-order valence-electron chi connectivity index (χ4n) is 2.33. The van der Waals surface area contributed by atoms with E-state index in [1.807, 2.05) is 30.3 Å². The van der Waals surface area contributed by atoms with Gasteiger partial charge in [-0.1, -0.05) is 30.3 Å². The van der Waals surface area contributed by atoms with Crippen LogP contribution in [0.15, 0.2) is 61.5 Å². The number of nitrogens with zero attached hydrogens (tertiary/aromatic N) is 6. The summed E-state index contributed by atoms with van der Waals surface area (Å²) in [6, 6.07) is 13.7. The van der Waals surface area contributed by atoms with E-state index in [0.717, 1.165) is 17.3 Å². The maximum Gasteiger partial charge on any atom is 0.199 e. The van der Waals surface area contributed by atoms with Crippen LogP contribution in [-0.4, -0.2) is 48.6 Å². The molecule has 9 heteroatoms. The number of aliphatic imine (C=N–C) groups is 2. The SMILES string of the molecule is CN(C)C(Cl)=NC1=C(C#N)C(c2ccccc2)C(C#N)=C(N=C(Cl)N(C)C)S1. The highest BCUT2D eigenvalue weighted by atomic mass is 35.5. The molecule has 2 rings (SSSR count). The Morgan fingerprint density at radius 2 is 1.32 bits per heavy atom. The number of rotatable bonds is 3. The van der Waals surface area contributed by atoms with Crippen molar-refractivity contribution in [2.75, 3.05) is 28.2 Å². The second-order valence-electron chi connectivity index (χ2n) is 6.16. The topological polar surface area (TPSA) is 78.8 Å². The Balaban J connectivity index is 2.76. The molecule has 1 aliphatic heterocycles. The van der Waals surface area contributed by atoms with E-state index in [1.165, 1.54) is 0 Å². The van der Waals surface area contributed by atoms with E-state index in [-0.39, 0.29) is 10.6 Å². The van der Waals surface area contributed by atoms with E-state index >= 15 is 0 Å². The first kappa shape index (κ1) is 21.8. The summed E-state index contributed by atoms with van der Waals surface area (Å²) in [4.78, 5) is 12.0. The van der Waals surface area contributed by atoms with Crippen molar-refractivity contribution in [1.29, 1.82) is 10.5 Å². The van der Waals surface area contributed by atoms with Crippen LogP contribution in [0.25, 0.3) is 0 Å². The summed E-state index contributed by atoms with van der Waals surface area (Å²) in [7, 11) is 7.00. The van der Waals surface area contributed by atoms with Gasteiger partial charge in [0.15, 0.2) is 10.6 Å². The molecule has 1 aliphatic rings. The van der Waals surface area contributed by atoms with E-state index in [2.05, 4.69) is 22.1 Å². The van der Waals surface area contributed by atoms with Gasteiger partial charge in [-0.2, -0.15) is 10.5 Å². The second kappa shape index (κ2) is 9.66. The lowest BCUT2D eigenvalue weighted by atomic mass is 9.86. The maximum absolute atomic E-state index is 9.87. The summed E-state index contributed by atoms with van der Waals surface area (Å²) in [5.41, 5.74) is 1.47. The number of hydrogen-bond donors (Lipinski definition) is 0. The number of thioether (sulfide) groups is 1. The first-order chi connectivity index (χ1) is 13.3. The molecule has 6 nitrogen and oxygen atoms in total. The summed E-state index contributed by atoms with van der Waals surface area (Å²) in [6.45, 7) is 0. The number of nitriles is 2. The van der Waals surface area contributed by atoms with Gasteiger partial charge in [0.2, 0.25) is 0 Å². The molecule has 144 valence electrons. The van der Waals surface area contributed by atoms with Crippen LogP contribution >= 0.6 is 35.0 Å². The van der Waals surface area contributed by atoms with E-state index in [1.54, 1.807) is 38.0 Å². The molecule has 0 aliphatic carbocycles. The highest BCUT2D eigenvalue weighted by Gasteiger charge is 2.33. The molecule has 1 aromatic carbocycles. The number of benzene rings is 1. The molecule has 28 heavy (non-hydrogen) atoms. The maximum atomic E-state index is 9.87.